The fourth-order valence-corrected chi connectivity index (χ4v) is 2.27. The summed E-state index contributed by atoms with van der Waals surface area (Å²) in [6.07, 6.45) is 3.45. The molecule has 3 aromatic heterocycles. The molecule has 0 amide bonds. The van der Waals surface area contributed by atoms with Crippen LogP contribution in [-0.4, -0.2) is 24.3 Å². The molecular weight excluding hydrogens is 285 g/mol. The van der Waals surface area contributed by atoms with Crippen LogP contribution in [-0.2, 0) is 7.05 Å². The first-order chi connectivity index (χ1) is 9.06. The molecule has 0 aliphatic heterocycles. The van der Waals surface area contributed by atoms with Crippen molar-refractivity contribution in [1.82, 2.24) is 24.3 Å². The van der Waals surface area contributed by atoms with E-state index in [9.17, 15) is 0 Å². The van der Waals surface area contributed by atoms with Gasteiger partial charge in [0.25, 0.3) is 0 Å². The summed E-state index contributed by atoms with van der Waals surface area (Å²) >= 11 is 12.1. The molecule has 0 saturated carbocycles. The van der Waals surface area contributed by atoms with Crippen molar-refractivity contribution in [2.75, 3.05) is 0 Å². The highest BCUT2D eigenvalue weighted by molar-refractivity contribution is 6.31. The average Bonchev–Trinajstić information content (AvgIpc) is 2.91. The lowest BCUT2D eigenvalue weighted by Crippen LogP contribution is -2.04. The van der Waals surface area contributed by atoms with Gasteiger partial charge in [0.15, 0.2) is 11.5 Å². The van der Waals surface area contributed by atoms with Gasteiger partial charge in [0.1, 0.15) is 11.3 Å². The molecule has 3 rings (SSSR count). The summed E-state index contributed by atoms with van der Waals surface area (Å²) in [5, 5.41) is 4.67. The fraction of sp³-hybridized carbons (Fsp3) is 0.250. The number of rotatable bonds is 2. The SMILES string of the molecule is CC(Cl)c1nc2cc(Cl)cnc2n1-c1ccn(C)n1. The topological polar surface area (TPSA) is 48.5 Å². The molecule has 98 valence electrons. The summed E-state index contributed by atoms with van der Waals surface area (Å²) < 4.78 is 3.57. The van der Waals surface area contributed by atoms with Gasteiger partial charge in [0.2, 0.25) is 0 Å². The van der Waals surface area contributed by atoms with E-state index in [4.69, 9.17) is 23.2 Å². The second kappa shape index (κ2) is 4.51. The van der Waals surface area contributed by atoms with Crippen LogP contribution in [0.2, 0.25) is 5.02 Å². The van der Waals surface area contributed by atoms with Gasteiger partial charge in [-0.1, -0.05) is 11.6 Å². The van der Waals surface area contributed by atoms with E-state index in [2.05, 4.69) is 15.1 Å². The van der Waals surface area contributed by atoms with Crippen LogP contribution in [0.15, 0.2) is 24.5 Å². The van der Waals surface area contributed by atoms with Gasteiger partial charge in [-0.2, -0.15) is 5.10 Å². The van der Waals surface area contributed by atoms with E-state index in [1.54, 1.807) is 16.9 Å². The molecule has 0 aliphatic rings. The predicted octanol–water partition coefficient (Wildman–Crippen LogP) is 3.11. The van der Waals surface area contributed by atoms with E-state index < -0.39 is 0 Å². The van der Waals surface area contributed by atoms with E-state index >= 15 is 0 Å². The lowest BCUT2D eigenvalue weighted by atomic mass is 10.4. The molecule has 1 atom stereocenters. The first kappa shape index (κ1) is 12.4. The van der Waals surface area contributed by atoms with Gasteiger partial charge in [0, 0.05) is 25.5 Å². The number of alkyl halides is 1. The van der Waals surface area contributed by atoms with Crippen molar-refractivity contribution in [2.24, 2.45) is 7.05 Å². The van der Waals surface area contributed by atoms with Crippen molar-refractivity contribution in [3.8, 4) is 5.82 Å². The number of imidazole rings is 1. The van der Waals surface area contributed by atoms with Gasteiger partial charge in [-0.05, 0) is 13.0 Å². The van der Waals surface area contributed by atoms with Gasteiger partial charge in [-0.3, -0.25) is 9.25 Å². The minimum absolute atomic E-state index is 0.255. The standard InChI is InChI=1S/C12H11Cl2N5/c1-7(13)11-16-9-5-8(14)6-15-12(9)19(11)10-3-4-18(2)17-10/h3-7H,1-2H3. The van der Waals surface area contributed by atoms with Crippen LogP contribution in [0.3, 0.4) is 0 Å². The van der Waals surface area contributed by atoms with Crippen molar-refractivity contribution in [3.05, 3.63) is 35.4 Å². The molecule has 0 aromatic carbocycles. The van der Waals surface area contributed by atoms with E-state index in [1.165, 1.54) is 0 Å². The Morgan fingerprint density at radius 1 is 1.37 bits per heavy atom. The summed E-state index contributed by atoms with van der Waals surface area (Å²) in [5.74, 6) is 1.44. The molecule has 0 saturated heterocycles. The van der Waals surface area contributed by atoms with Crippen LogP contribution in [0.4, 0.5) is 0 Å². The van der Waals surface area contributed by atoms with Crippen molar-refractivity contribution in [3.63, 3.8) is 0 Å². The van der Waals surface area contributed by atoms with E-state index in [1.807, 2.05) is 30.8 Å². The lowest BCUT2D eigenvalue weighted by Gasteiger charge is -2.06. The Morgan fingerprint density at radius 2 is 2.16 bits per heavy atom. The third-order valence-corrected chi connectivity index (χ3v) is 3.18. The number of hydrogen-bond donors (Lipinski definition) is 0. The second-order valence-corrected chi connectivity index (χ2v) is 5.36. The third-order valence-electron chi connectivity index (χ3n) is 2.77. The highest BCUT2D eigenvalue weighted by Crippen LogP contribution is 2.27. The number of hydrogen-bond acceptors (Lipinski definition) is 3. The van der Waals surface area contributed by atoms with E-state index in [0.717, 1.165) is 5.82 Å². The molecule has 19 heavy (non-hydrogen) atoms. The van der Waals surface area contributed by atoms with Crippen LogP contribution in [0.25, 0.3) is 17.0 Å². The normalized spacial score (nSPS) is 13.1. The maximum atomic E-state index is 6.20. The Balaban J connectivity index is 2.34. The summed E-state index contributed by atoms with van der Waals surface area (Å²) in [7, 11) is 1.86. The molecule has 0 bridgehead atoms. The van der Waals surface area contributed by atoms with Crippen molar-refractivity contribution in [2.45, 2.75) is 12.3 Å². The summed E-state index contributed by atoms with van der Waals surface area (Å²) in [6, 6.07) is 3.66. The zero-order valence-electron chi connectivity index (χ0n) is 10.4. The minimum Gasteiger partial charge on any atom is -0.274 e. The Morgan fingerprint density at radius 3 is 2.79 bits per heavy atom. The first-order valence-electron chi connectivity index (χ1n) is 5.74. The smallest absolute Gasteiger partial charge is 0.166 e. The van der Waals surface area contributed by atoms with Crippen LogP contribution < -0.4 is 0 Å². The molecule has 0 N–H and O–H groups in total. The molecule has 5 nitrogen and oxygen atoms in total. The van der Waals surface area contributed by atoms with Crippen LogP contribution in [0, 0.1) is 0 Å². The highest BCUT2D eigenvalue weighted by atomic mass is 35.5. The van der Waals surface area contributed by atoms with Gasteiger partial charge >= 0.3 is 0 Å². The molecule has 1 unspecified atom stereocenters. The molecule has 0 radical (unpaired) electrons. The maximum Gasteiger partial charge on any atom is 0.166 e. The first-order valence-corrected chi connectivity index (χ1v) is 6.55. The van der Waals surface area contributed by atoms with Crippen LogP contribution in [0.5, 0.6) is 0 Å². The van der Waals surface area contributed by atoms with Crippen molar-refractivity contribution >= 4 is 34.4 Å². The molecule has 0 fully saturated rings. The van der Waals surface area contributed by atoms with Gasteiger partial charge in [-0.15, -0.1) is 11.6 Å². The van der Waals surface area contributed by atoms with E-state index in [-0.39, 0.29) is 5.38 Å². The Hall–Kier alpha value is -1.59. The number of halogens is 2. The Kier molecular flexibility index (Phi) is 2.95. The zero-order chi connectivity index (χ0) is 13.6. The molecule has 0 spiro atoms. The highest BCUT2D eigenvalue weighted by Gasteiger charge is 2.18. The van der Waals surface area contributed by atoms with Gasteiger partial charge in [-0.25, -0.2) is 9.97 Å². The monoisotopic (exact) mass is 295 g/mol. The molecule has 3 aromatic rings. The summed E-state index contributed by atoms with van der Waals surface area (Å²) in [4.78, 5) is 8.82. The molecule has 0 aliphatic carbocycles. The zero-order valence-corrected chi connectivity index (χ0v) is 11.9. The molecular formula is C12H11Cl2N5. The maximum absolute atomic E-state index is 6.20. The van der Waals surface area contributed by atoms with Crippen LogP contribution in [0.1, 0.15) is 18.1 Å². The Bertz CT molecular complexity index is 744. The second-order valence-electron chi connectivity index (χ2n) is 4.27. The number of fused-ring (bicyclic) bond motifs is 1. The lowest BCUT2D eigenvalue weighted by molar-refractivity contribution is 0.742. The van der Waals surface area contributed by atoms with E-state index in [0.29, 0.717) is 22.0 Å². The van der Waals surface area contributed by atoms with Crippen LogP contribution >= 0.6 is 23.2 Å². The minimum atomic E-state index is -0.255. The largest absolute Gasteiger partial charge is 0.274 e. The molecule has 3 heterocycles. The number of aryl methyl sites for hydroxylation is 1. The van der Waals surface area contributed by atoms with Crippen molar-refractivity contribution < 1.29 is 0 Å². The summed E-state index contributed by atoms with van der Waals surface area (Å²) in [6.45, 7) is 1.86. The van der Waals surface area contributed by atoms with Crippen molar-refractivity contribution in [1.29, 1.82) is 0 Å². The Labute approximate surface area is 119 Å². The predicted molar refractivity (Wildman–Crippen MR) is 74.9 cm³/mol. The average molecular weight is 296 g/mol. The number of nitrogens with zero attached hydrogens (tertiary/aromatic N) is 5. The third kappa shape index (κ3) is 2.09. The van der Waals surface area contributed by atoms with Gasteiger partial charge < -0.3 is 0 Å². The summed E-state index contributed by atoms with van der Waals surface area (Å²) in [5.41, 5.74) is 1.41. The number of aromatic nitrogens is 5. The number of pyridine rings is 1. The fourth-order valence-electron chi connectivity index (χ4n) is 1.97. The van der Waals surface area contributed by atoms with Gasteiger partial charge in [0.05, 0.1) is 10.4 Å². The quantitative estimate of drug-likeness (QED) is 0.683. The molecule has 7 heteroatoms.